The van der Waals surface area contributed by atoms with Crippen LogP contribution in [-0.2, 0) is 4.79 Å². The molecular weight excluding hydrogens is 174 g/mol. The van der Waals surface area contributed by atoms with Gasteiger partial charge in [-0.3, -0.25) is 4.79 Å². The van der Waals surface area contributed by atoms with E-state index in [1.54, 1.807) is 4.90 Å². The van der Waals surface area contributed by atoms with Crippen LogP contribution >= 0.6 is 0 Å². The summed E-state index contributed by atoms with van der Waals surface area (Å²) in [5, 5.41) is 0. The Morgan fingerprint density at radius 1 is 1.64 bits per heavy atom. The van der Waals surface area contributed by atoms with Crippen LogP contribution in [0.5, 0.6) is 0 Å². The number of hydrogen-bond donors (Lipinski definition) is 0. The van der Waals surface area contributed by atoms with E-state index in [4.69, 9.17) is 6.42 Å². The third kappa shape index (κ3) is 2.29. The second-order valence-electron chi connectivity index (χ2n) is 4.71. The van der Waals surface area contributed by atoms with E-state index in [2.05, 4.69) is 26.7 Å². The molecule has 14 heavy (non-hydrogen) atoms. The average Bonchev–Trinajstić information content (AvgIpc) is 2.74. The standard InChI is InChI=1S/C12H19NO/c1-5-7-13(8-6-2)11(14)10-9-12(10,3)4/h1,10H,6-9H2,2-4H3. The van der Waals surface area contributed by atoms with E-state index in [0.717, 1.165) is 19.4 Å². The maximum Gasteiger partial charge on any atom is 0.227 e. The molecule has 0 spiro atoms. The fraction of sp³-hybridized carbons (Fsp3) is 0.750. The summed E-state index contributed by atoms with van der Waals surface area (Å²) in [4.78, 5) is 13.7. The van der Waals surface area contributed by atoms with Crippen molar-refractivity contribution >= 4 is 5.91 Å². The molecule has 1 aliphatic rings. The highest BCUT2D eigenvalue weighted by molar-refractivity contribution is 5.82. The summed E-state index contributed by atoms with van der Waals surface area (Å²) in [5.74, 6) is 3.00. The van der Waals surface area contributed by atoms with Gasteiger partial charge in [-0.1, -0.05) is 26.7 Å². The summed E-state index contributed by atoms with van der Waals surface area (Å²) in [6, 6.07) is 0. The largest absolute Gasteiger partial charge is 0.331 e. The molecule has 1 rings (SSSR count). The van der Waals surface area contributed by atoms with Gasteiger partial charge in [-0.2, -0.15) is 0 Å². The lowest BCUT2D eigenvalue weighted by atomic mass is 10.1. The molecule has 1 saturated carbocycles. The van der Waals surface area contributed by atoms with Crippen molar-refractivity contribution in [2.45, 2.75) is 33.6 Å². The molecule has 2 heteroatoms. The monoisotopic (exact) mass is 193 g/mol. The summed E-state index contributed by atoms with van der Waals surface area (Å²) < 4.78 is 0. The zero-order valence-corrected chi connectivity index (χ0v) is 9.34. The van der Waals surface area contributed by atoms with E-state index in [-0.39, 0.29) is 17.2 Å². The van der Waals surface area contributed by atoms with Gasteiger partial charge in [0, 0.05) is 12.5 Å². The molecule has 1 atom stereocenters. The van der Waals surface area contributed by atoms with Gasteiger partial charge in [0.25, 0.3) is 0 Å². The quantitative estimate of drug-likeness (QED) is 0.624. The Kier molecular flexibility index (Phi) is 3.21. The van der Waals surface area contributed by atoms with Crippen molar-refractivity contribution in [3.8, 4) is 12.3 Å². The zero-order chi connectivity index (χ0) is 10.8. The minimum atomic E-state index is 0.206. The number of rotatable bonds is 4. The molecule has 0 heterocycles. The molecule has 78 valence electrons. The molecule has 0 N–H and O–H groups in total. The highest BCUT2D eigenvalue weighted by Crippen LogP contribution is 2.52. The molecule has 0 bridgehead atoms. The minimum absolute atomic E-state index is 0.206. The number of hydrogen-bond acceptors (Lipinski definition) is 1. The first-order chi connectivity index (χ1) is 6.53. The van der Waals surface area contributed by atoms with Gasteiger partial charge >= 0.3 is 0 Å². The van der Waals surface area contributed by atoms with Crippen LogP contribution < -0.4 is 0 Å². The average molecular weight is 193 g/mol. The first-order valence-electron chi connectivity index (χ1n) is 5.25. The summed E-state index contributed by atoms with van der Waals surface area (Å²) >= 11 is 0. The van der Waals surface area contributed by atoms with Crippen LogP contribution in [-0.4, -0.2) is 23.9 Å². The summed E-state index contributed by atoms with van der Waals surface area (Å²) in [6.45, 7) is 7.58. The van der Waals surface area contributed by atoms with Crippen molar-refractivity contribution in [1.29, 1.82) is 0 Å². The topological polar surface area (TPSA) is 20.3 Å². The van der Waals surface area contributed by atoms with Crippen molar-refractivity contribution in [2.24, 2.45) is 11.3 Å². The molecule has 1 amide bonds. The van der Waals surface area contributed by atoms with Gasteiger partial charge in [0.1, 0.15) is 0 Å². The first kappa shape index (κ1) is 11.1. The summed E-state index contributed by atoms with van der Waals surface area (Å²) in [5.41, 5.74) is 0.206. The van der Waals surface area contributed by atoms with E-state index in [1.807, 2.05) is 0 Å². The Bertz CT molecular complexity index is 262. The maximum atomic E-state index is 11.9. The molecule has 1 fully saturated rings. The molecule has 0 aliphatic heterocycles. The van der Waals surface area contributed by atoms with Gasteiger partial charge < -0.3 is 4.90 Å². The molecule has 0 aromatic carbocycles. The Hall–Kier alpha value is -0.970. The van der Waals surface area contributed by atoms with Crippen LogP contribution in [0.15, 0.2) is 0 Å². The fourth-order valence-corrected chi connectivity index (χ4v) is 1.76. The molecular formula is C12H19NO. The second kappa shape index (κ2) is 4.04. The number of carbonyl (C=O) groups is 1. The lowest BCUT2D eigenvalue weighted by Crippen LogP contribution is -2.34. The lowest BCUT2D eigenvalue weighted by molar-refractivity contribution is -0.132. The Morgan fingerprint density at radius 2 is 2.21 bits per heavy atom. The van der Waals surface area contributed by atoms with Gasteiger partial charge in [-0.05, 0) is 18.3 Å². The summed E-state index contributed by atoms with van der Waals surface area (Å²) in [7, 11) is 0. The van der Waals surface area contributed by atoms with Crippen LogP contribution in [0.1, 0.15) is 33.6 Å². The molecule has 0 aromatic heterocycles. The minimum Gasteiger partial charge on any atom is -0.331 e. The van der Waals surface area contributed by atoms with Gasteiger partial charge in [0.15, 0.2) is 0 Å². The van der Waals surface area contributed by atoms with Crippen LogP contribution in [0.25, 0.3) is 0 Å². The predicted octanol–water partition coefficient (Wildman–Crippen LogP) is 1.90. The smallest absolute Gasteiger partial charge is 0.227 e. The van der Waals surface area contributed by atoms with Crippen LogP contribution in [0.2, 0.25) is 0 Å². The van der Waals surface area contributed by atoms with Crippen molar-refractivity contribution < 1.29 is 4.79 Å². The predicted molar refractivity (Wildman–Crippen MR) is 57.6 cm³/mol. The molecule has 0 aromatic rings. The van der Waals surface area contributed by atoms with Crippen molar-refractivity contribution in [2.75, 3.05) is 13.1 Å². The molecule has 0 radical (unpaired) electrons. The number of carbonyl (C=O) groups excluding carboxylic acids is 1. The van der Waals surface area contributed by atoms with Crippen molar-refractivity contribution in [1.82, 2.24) is 4.90 Å². The first-order valence-corrected chi connectivity index (χ1v) is 5.25. The highest BCUT2D eigenvalue weighted by atomic mass is 16.2. The van der Waals surface area contributed by atoms with Crippen LogP contribution in [0.4, 0.5) is 0 Å². The molecule has 2 nitrogen and oxygen atoms in total. The van der Waals surface area contributed by atoms with E-state index in [9.17, 15) is 4.79 Å². The zero-order valence-electron chi connectivity index (χ0n) is 9.34. The number of terminal acetylenes is 1. The molecule has 1 unspecified atom stereocenters. The number of nitrogens with zero attached hydrogens (tertiary/aromatic N) is 1. The van der Waals surface area contributed by atoms with Crippen molar-refractivity contribution in [3.05, 3.63) is 0 Å². The molecule has 1 aliphatic carbocycles. The molecule has 0 saturated heterocycles. The maximum absolute atomic E-state index is 11.9. The second-order valence-corrected chi connectivity index (χ2v) is 4.71. The Balaban J connectivity index is 2.53. The lowest BCUT2D eigenvalue weighted by Gasteiger charge is -2.20. The van der Waals surface area contributed by atoms with Gasteiger partial charge in [-0.25, -0.2) is 0 Å². The van der Waals surface area contributed by atoms with E-state index in [1.165, 1.54) is 0 Å². The van der Waals surface area contributed by atoms with Crippen molar-refractivity contribution in [3.63, 3.8) is 0 Å². The normalized spacial score (nSPS) is 22.6. The Morgan fingerprint density at radius 3 is 2.57 bits per heavy atom. The fourth-order valence-electron chi connectivity index (χ4n) is 1.76. The van der Waals surface area contributed by atoms with Crippen LogP contribution in [0, 0.1) is 23.7 Å². The summed E-state index contributed by atoms with van der Waals surface area (Å²) in [6.07, 6.45) is 7.23. The highest BCUT2D eigenvalue weighted by Gasteiger charge is 2.51. The van der Waals surface area contributed by atoms with E-state index >= 15 is 0 Å². The van der Waals surface area contributed by atoms with E-state index < -0.39 is 0 Å². The Labute approximate surface area is 86.7 Å². The third-order valence-electron chi connectivity index (χ3n) is 2.90. The number of amides is 1. The van der Waals surface area contributed by atoms with E-state index in [0.29, 0.717) is 6.54 Å². The SMILES string of the molecule is C#CCN(CCC)C(=O)C1CC1(C)C. The van der Waals surface area contributed by atoms with Gasteiger partial charge in [0.05, 0.1) is 6.54 Å². The third-order valence-corrected chi connectivity index (χ3v) is 2.90. The van der Waals surface area contributed by atoms with Gasteiger partial charge in [0.2, 0.25) is 5.91 Å². The van der Waals surface area contributed by atoms with Crippen LogP contribution in [0.3, 0.4) is 0 Å². The van der Waals surface area contributed by atoms with Gasteiger partial charge in [-0.15, -0.1) is 6.42 Å².